The molecule has 1 saturated heterocycles. The first-order valence-electron chi connectivity index (χ1n) is 6.99. The van der Waals surface area contributed by atoms with E-state index in [1.807, 2.05) is 11.8 Å². The number of nitrogens with zero attached hydrogens (tertiary/aromatic N) is 1. The van der Waals surface area contributed by atoms with Gasteiger partial charge >= 0.3 is 0 Å². The quantitative estimate of drug-likeness (QED) is 0.273. The Morgan fingerprint density at radius 2 is 2.00 bits per heavy atom. The Kier molecular flexibility index (Phi) is 14.4. The number of aliphatic imine (C=N–C) groups is 1. The SMILES string of the molecule is CN=C(NCCCOC1CCOCC1)NCCSC.I. The molecule has 0 aromatic rings. The minimum Gasteiger partial charge on any atom is -0.381 e. The Labute approximate surface area is 144 Å². The Bertz CT molecular complexity index is 252. The minimum absolute atomic E-state index is 0. The number of hydrogen-bond donors (Lipinski definition) is 2. The van der Waals surface area contributed by atoms with Crippen LogP contribution in [0.25, 0.3) is 0 Å². The molecule has 2 N–H and O–H groups in total. The first-order chi connectivity index (χ1) is 9.36. The first-order valence-corrected chi connectivity index (χ1v) is 8.39. The van der Waals surface area contributed by atoms with E-state index in [4.69, 9.17) is 9.47 Å². The van der Waals surface area contributed by atoms with E-state index in [0.29, 0.717) is 6.10 Å². The van der Waals surface area contributed by atoms with Gasteiger partial charge in [0.1, 0.15) is 0 Å². The van der Waals surface area contributed by atoms with Gasteiger partial charge in [0.15, 0.2) is 5.96 Å². The number of halogens is 1. The Hall–Kier alpha value is 0.270. The van der Waals surface area contributed by atoms with E-state index in [0.717, 1.165) is 63.9 Å². The molecule has 7 heteroatoms. The maximum atomic E-state index is 5.81. The minimum atomic E-state index is 0. The van der Waals surface area contributed by atoms with Crippen molar-refractivity contribution >= 4 is 41.7 Å². The molecule has 0 atom stereocenters. The van der Waals surface area contributed by atoms with Crippen LogP contribution in [0.3, 0.4) is 0 Å². The molecule has 0 aromatic heterocycles. The van der Waals surface area contributed by atoms with E-state index < -0.39 is 0 Å². The van der Waals surface area contributed by atoms with Crippen molar-refractivity contribution in [2.75, 3.05) is 52.0 Å². The van der Waals surface area contributed by atoms with Crippen LogP contribution in [0, 0.1) is 0 Å². The number of hydrogen-bond acceptors (Lipinski definition) is 4. The molecule has 120 valence electrons. The van der Waals surface area contributed by atoms with Gasteiger partial charge in [-0.3, -0.25) is 4.99 Å². The van der Waals surface area contributed by atoms with Gasteiger partial charge in [0.05, 0.1) is 6.10 Å². The second kappa shape index (κ2) is 14.2. The molecule has 0 amide bonds. The fourth-order valence-electron chi connectivity index (χ4n) is 1.86. The first kappa shape index (κ1) is 20.3. The number of ether oxygens (including phenoxy) is 2. The number of thioether (sulfide) groups is 1. The lowest BCUT2D eigenvalue weighted by molar-refractivity contribution is -0.0320. The van der Waals surface area contributed by atoms with Gasteiger partial charge in [0.25, 0.3) is 0 Å². The number of guanidine groups is 1. The lowest BCUT2D eigenvalue weighted by Crippen LogP contribution is -2.39. The van der Waals surface area contributed by atoms with Crippen molar-refractivity contribution in [2.45, 2.75) is 25.4 Å². The fraction of sp³-hybridized carbons (Fsp3) is 0.923. The predicted molar refractivity (Wildman–Crippen MR) is 97.6 cm³/mol. The predicted octanol–water partition coefficient (Wildman–Crippen LogP) is 1.72. The van der Waals surface area contributed by atoms with E-state index in [-0.39, 0.29) is 24.0 Å². The molecule has 0 saturated carbocycles. The zero-order valence-electron chi connectivity index (χ0n) is 12.5. The van der Waals surface area contributed by atoms with Gasteiger partial charge in [0, 0.05) is 45.7 Å². The monoisotopic (exact) mass is 417 g/mol. The maximum absolute atomic E-state index is 5.81. The number of rotatable bonds is 8. The van der Waals surface area contributed by atoms with Crippen LogP contribution in [0.1, 0.15) is 19.3 Å². The molecular formula is C13H28IN3O2S. The van der Waals surface area contributed by atoms with Crippen molar-refractivity contribution in [2.24, 2.45) is 4.99 Å². The Morgan fingerprint density at radius 3 is 2.65 bits per heavy atom. The molecule has 1 fully saturated rings. The average Bonchev–Trinajstić information content (AvgIpc) is 2.46. The summed E-state index contributed by atoms with van der Waals surface area (Å²) in [7, 11) is 1.80. The van der Waals surface area contributed by atoms with E-state index in [1.54, 1.807) is 7.05 Å². The van der Waals surface area contributed by atoms with E-state index in [2.05, 4.69) is 21.9 Å². The van der Waals surface area contributed by atoms with Crippen LogP contribution >= 0.6 is 35.7 Å². The van der Waals surface area contributed by atoms with E-state index in [1.165, 1.54) is 0 Å². The lowest BCUT2D eigenvalue weighted by Gasteiger charge is -2.22. The van der Waals surface area contributed by atoms with Gasteiger partial charge in [0.2, 0.25) is 0 Å². The summed E-state index contributed by atoms with van der Waals surface area (Å²) in [5, 5.41) is 6.56. The molecule has 0 unspecified atom stereocenters. The van der Waals surface area contributed by atoms with Gasteiger partial charge in [-0.05, 0) is 25.5 Å². The average molecular weight is 417 g/mol. The summed E-state index contributed by atoms with van der Waals surface area (Å²) in [5.74, 6) is 1.97. The topological polar surface area (TPSA) is 54.9 Å². The van der Waals surface area contributed by atoms with Gasteiger partial charge in [-0.1, -0.05) is 0 Å². The molecule has 1 rings (SSSR count). The van der Waals surface area contributed by atoms with Crippen molar-refractivity contribution in [3.8, 4) is 0 Å². The normalized spacial score (nSPS) is 16.6. The zero-order valence-corrected chi connectivity index (χ0v) is 15.7. The van der Waals surface area contributed by atoms with Crippen molar-refractivity contribution in [3.63, 3.8) is 0 Å². The van der Waals surface area contributed by atoms with Gasteiger partial charge < -0.3 is 20.1 Å². The molecule has 0 aliphatic carbocycles. The van der Waals surface area contributed by atoms with Gasteiger partial charge in [-0.25, -0.2) is 0 Å². The standard InChI is InChI=1S/C13H27N3O2S.HI/c1-14-13(16-7-11-19-2)15-6-3-8-18-12-4-9-17-10-5-12;/h12H,3-11H2,1-2H3,(H2,14,15,16);1H. The van der Waals surface area contributed by atoms with Gasteiger partial charge in [-0.15, -0.1) is 24.0 Å². The Balaban J connectivity index is 0.00000361. The second-order valence-electron chi connectivity index (χ2n) is 4.45. The highest BCUT2D eigenvalue weighted by Gasteiger charge is 2.13. The summed E-state index contributed by atoms with van der Waals surface area (Å²) in [6.45, 7) is 4.32. The maximum Gasteiger partial charge on any atom is 0.191 e. The van der Waals surface area contributed by atoms with E-state index >= 15 is 0 Å². The molecule has 5 nitrogen and oxygen atoms in total. The van der Waals surface area contributed by atoms with Crippen LogP contribution in [0.15, 0.2) is 4.99 Å². The van der Waals surface area contributed by atoms with Crippen molar-refractivity contribution < 1.29 is 9.47 Å². The van der Waals surface area contributed by atoms with Crippen LogP contribution in [-0.2, 0) is 9.47 Å². The molecule has 1 aliphatic heterocycles. The molecule has 0 radical (unpaired) electrons. The molecule has 0 aromatic carbocycles. The summed E-state index contributed by atoms with van der Waals surface area (Å²) in [5.41, 5.74) is 0. The third kappa shape index (κ3) is 10.1. The molecular weight excluding hydrogens is 389 g/mol. The Morgan fingerprint density at radius 1 is 1.30 bits per heavy atom. The fourth-order valence-corrected chi connectivity index (χ4v) is 2.17. The highest BCUT2D eigenvalue weighted by Crippen LogP contribution is 2.10. The van der Waals surface area contributed by atoms with Crippen molar-refractivity contribution in [1.82, 2.24) is 10.6 Å². The lowest BCUT2D eigenvalue weighted by atomic mass is 10.1. The van der Waals surface area contributed by atoms with Crippen LogP contribution in [0.2, 0.25) is 0 Å². The summed E-state index contributed by atoms with van der Waals surface area (Å²) in [6.07, 6.45) is 5.57. The third-order valence-electron chi connectivity index (χ3n) is 2.96. The van der Waals surface area contributed by atoms with Crippen LogP contribution < -0.4 is 10.6 Å². The largest absolute Gasteiger partial charge is 0.381 e. The molecule has 1 aliphatic rings. The van der Waals surface area contributed by atoms with E-state index in [9.17, 15) is 0 Å². The molecule has 20 heavy (non-hydrogen) atoms. The second-order valence-corrected chi connectivity index (χ2v) is 5.44. The summed E-state index contributed by atoms with van der Waals surface area (Å²) in [4.78, 5) is 4.18. The van der Waals surface area contributed by atoms with Crippen molar-refractivity contribution in [3.05, 3.63) is 0 Å². The van der Waals surface area contributed by atoms with Crippen LogP contribution in [0.5, 0.6) is 0 Å². The summed E-state index contributed by atoms with van der Waals surface area (Å²) >= 11 is 1.83. The van der Waals surface area contributed by atoms with Crippen molar-refractivity contribution in [1.29, 1.82) is 0 Å². The summed E-state index contributed by atoms with van der Waals surface area (Å²) < 4.78 is 11.1. The molecule has 0 bridgehead atoms. The third-order valence-corrected chi connectivity index (χ3v) is 3.57. The molecule has 0 spiro atoms. The molecule has 1 heterocycles. The summed E-state index contributed by atoms with van der Waals surface area (Å²) in [6, 6.07) is 0. The zero-order chi connectivity index (χ0) is 13.8. The van der Waals surface area contributed by atoms with Gasteiger partial charge in [-0.2, -0.15) is 11.8 Å². The highest BCUT2D eigenvalue weighted by molar-refractivity contribution is 14.0. The smallest absolute Gasteiger partial charge is 0.191 e. The number of nitrogens with one attached hydrogen (secondary N) is 2. The van der Waals surface area contributed by atoms with Crippen LogP contribution in [0.4, 0.5) is 0 Å². The van der Waals surface area contributed by atoms with Crippen LogP contribution in [-0.4, -0.2) is 64.0 Å². The highest BCUT2D eigenvalue weighted by atomic mass is 127.